The number of hydrogen-bond donors (Lipinski definition) is 2. The summed E-state index contributed by atoms with van der Waals surface area (Å²) >= 11 is -2.47. The van der Waals surface area contributed by atoms with E-state index in [1.54, 1.807) is 0 Å². The fraction of sp³-hybridized carbons (Fsp3) is 0.118. The van der Waals surface area contributed by atoms with E-state index in [0.29, 0.717) is 0 Å². The molecular formula is C17H14CrN2O3. The van der Waals surface area contributed by atoms with Crippen molar-refractivity contribution in [3.8, 4) is 0 Å². The predicted octanol–water partition coefficient (Wildman–Crippen LogP) is 2.27. The number of aromatic nitrogens is 1. The van der Waals surface area contributed by atoms with Crippen LogP contribution in [0.3, 0.4) is 0 Å². The van der Waals surface area contributed by atoms with Gasteiger partial charge in [0, 0.05) is 27.5 Å². The molecule has 0 amide bonds. The van der Waals surface area contributed by atoms with Gasteiger partial charge in [0.25, 0.3) is 0 Å². The maximum atomic E-state index is 9.37. The molecule has 6 heteroatoms. The van der Waals surface area contributed by atoms with E-state index in [4.69, 9.17) is 5.73 Å². The van der Waals surface area contributed by atoms with Crippen LogP contribution in [0.5, 0.6) is 0 Å². The third kappa shape index (κ3) is 3.56. The summed E-state index contributed by atoms with van der Waals surface area (Å²) < 4.78 is 3.69. The third-order valence-electron chi connectivity index (χ3n) is 3.38. The molecule has 0 aliphatic carbocycles. The Bertz CT molecular complexity index is 1050. The van der Waals surface area contributed by atoms with Crippen molar-refractivity contribution in [1.82, 2.24) is 4.98 Å². The zero-order valence-electron chi connectivity index (χ0n) is 12.4. The Hall–Kier alpha value is -2.69. The van der Waals surface area contributed by atoms with Crippen molar-refractivity contribution in [3.63, 3.8) is 0 Å². The number of rotatable bonds is 1. The second kappa shape index (κ2) is 7.54. The number of hydrogen-bond acceptors (Lipinski definition) is 4. The molecule has 0 atom stereocenters. The number of nitrogens with two attached hydrogens (primary N) is 1. The summed E-state index contributed by atoms with van der Waals surface area (Å²) in [5.41, 5.74) is 10.4. The molecule has 3 rings (SSSR count). The van der Waals surface area contributed by atoms with E-state index >= 15 is 0 Å². The van der Waals surface area contributed by atoms with E-state index in [1.807, 2.05) is 18.2 Å². The first-order chi connectivity index (χ1) is 11.1. The van der Waals surface area contributed by atoms with Crippen LogP contribution in [0, 0.1) is 0 Å². The molecule has 116 valence electrons. The van der Waals surface area contributed by atoms with Crippen molar-refractivity contribution in [1.29, 1.82) is 0 Å². The van der Waals surface area contributed by atoms with Gasteiger partial charge in [-0.15, -0.1) is 0 Å². The van der Waals surface area contributed by atoms with Gasteiger partial charge in [0.15, 0.2) is 0 Å². The number of fused-ring (bicyclic) bond motifs is 3. The van der Waals surface area contributed by atoms with E-state index in [1.165, 1.54) is 36.1 Å². The van der Waals surface area contributed by atoms with Crippen LogP contribution in [0.25, 0.3) is 21.8 Å². The zero-order chi connectivity index (χ0) is 16.8. The minimum atomic E-state index is -2.47. The average molecular weight is 346 g/mol. The van der Waals surface area contributed by atoms with Crippen molar-refractivity contribution in [2.24, 2.45) is 0 Å². The van der Waals surface area contributed by atoms with Gasteiger partial charge < -0.3 is 10.7 Å². The maximum absolute atomic E-state index is 9.37. The molecular weight excluding hydrogens is 332 g/mol. The third-order valence-corrected chi connectivity index (χ3v) is 4.16. The molecule has 1 aromatic heterocycles. The number of H-pyrrole nitrogens is 1. The van der Waals surface area contributed by atoms with Crippen LogP contribution in [0.15, 0.2) is 36.4 Å². The van der Waals surface area contributed by atoms with Gasteiger partial charge in [0.1, 0.15) is 0 Å². The fourth-order valence-corrected chi connectivity index (χ4v) is 2.51. The van der Waals surface area contributed by atoms with Crippen molar-refractivity contribution < 1.29 is 27.2 Å². The number of nitrogen functional groups attached to an aromatic ring is 1. The Morgan fingerprint density at radius 1 is 1.04 bits per heavy atom. The monoisotopic (exact) mass is 346 g/mol. The van der Waals surface area contributed by atoms with Crippen molar-refractivity contribution in [3.05, 3.63) is 42.0 Å². The van der Waals surface area contributed by atoms with E-state index < -0.39 is 12.8 Å². The molecule has 0 saturated carbocycles. The first-order valence-corrected chi connectivity index (χ1v) is 8.72. The van der Waals surface area contributed by atoms with Gasteiger partial charge in [-0.25, -0.2) is 0 Å². The zero-order valence-corrected chi connectivity index (χ0v) is 13.7. The number of nitrogens with one attached hydrogen (secondary N) is 1. The van der Waals surface area contributed by atoms with Gasteiger partial charge in [-0.05, 0) is 30.2 Å². The summed E-state index contributed by atoms with van der Waals surface area (Å²) in [5.74, 6) is 0. The number of benzene rings is 2. The van der Waals surface area contributed by atoms with Crippen molar-refractivity contribution in [2.75, 3.05) is 5.73 Å². The Balaban J connectivity index is 0.000000236. The summed E-state index contributed by atoms with van der Waals surface area (Å²) in [5, 5.41) is 2.48. The Morgan fingerprint density at radius 3 is 2.30 bits per heavy atom. The molecule has 3 N–H and O–H groups in total. The van der Waals surface area contributed by atoms with Gasteiger partial charge in [0.2, 0.25) is 0 Å². The number of para-hydroxylation sites is 1. The Kier molecular flexibility index (Phi) is 5.47. The summed E-state index contributed by atoms with van der Waals surface area (Å²) in [6.07, 6.45) is 1.04. The molecule has 23 heavy (non-hydrogen) atoms. The average Bonchev–Trinajstić information content (AvgIpc) is 2.95. The van der Waals surface area contributed by atoms with Crippen LogP contribution in [0.4, 0.5) is 5.69 Å². The number of aryl methyl sites for hydroxylation is 1. The second-order valence-corrected chi connectivity index (χ2v) is 6.42. The molecule has 0 spiro atoms. The fourth-order valence-electron chi connectivity index (χ4n) is 2.35. The summed E-state index contributed by atoms with van der Waals surface area (Å²) in [6.45, 7) is 2.18. The standard InChI is InChI=1S/C14H14N2.3CO.Cr/c1-2-9-4-3-5-11-12-8-10(15)6-7-13(12)16-14(9)11;3*1-2;/h3-8,16H,2,15H2,1H3;;;;. The Morgan fingerprint density at radius 2 is 1.74 bits per heavy atom. The van der Waals surface area contributed by atoms with Gasteiger partial charge in [-0.3, -0.25) is 0 Å². The van der Waals surface area contributed by atoms with Crippen LogP contribution in [0.2, 0.25) is 0 Å². The van der Waals surface area contributed by atoms with Crippen molar-refractivity contribution >= 4 is 41.7 Å². The van der Waals surface area contributed by atoms with Gasteiger partial charge in [-0.2, -0.15) is 0 Å². The quantitative estimate of drug-likeness (QED) is 0.661. The predicted molar refractivity (Wildman–Crippen MR) is 86.7 cm³/mol. The molecule has 2 aromatic carbocycles. The molecule has 0 bridgehead atoms. The first-order valence-electron chi connectivity index (χ1n) is 6.81. The molecule has 0 saturated heterocycles. The summed E-state index contributed by atoms with van der Waals surface area (Å²) in [6, 6.07) is 12.4. The van der Waals surface area contributed by atoms with E-state index in [-0.39, 0.29) is 0 Å². The molecule has 0 fully saturated rings. The van der Waals surface area contributed by atoms with Crippen LogP contribution in [-0.2, 0) is 33.6 Å². The SMILES string of the molecule is CCc1cccc2c1[nH]c1ccc(N)cc12.O=[C]=[Cr](=[C]=O)=[C]=O. The topological polar surface area (TPSA) is 93.0 Å². The van der Waals surface area contributed by atoms with E-state index in [0.717, 1.165) is 17.6 Å². The molecule has 0 aliphatic heterocycles. The van der Waals surface area contributed by atoms with Crippen LogP contribution < -0.4 is 5.73 Å². The molecule has 0 radical (unpaired) electrons. The summed E-state index contributed by atoms with van der Waals surface area (Å²) in [4.78, 5) is 31.6. The summed E-state index contributed by atoms with van der Waals surface area (Å²) in [7, 11) is 0. The number of aromatic amines is 1. The first kappa shape index (κ1) is 16.7. The van der Waals surface area contributed by atoms with Gasteiger partial charge in [0.05, 0.1) is 0 Å². The molecule has 1 heterocycles. The van der Waals surface area contributed by atoms with Crippen LogP contribution in [-0.4, -0.2) is 19.2 Å². The van der Waals surface area contributed by atoms with Gasteiger partial charge in [-0.1, -0.05) is 25.1 Å². The Labute approximate surface area is 135 Å². The normalized spacial score (nSPS) is 9.43. The minimum absolute atomic E-state index is 0.815. The molecule has 0 aliphatic rings. The second-order valence-electron chi connectivity index (χ2n) is 4.68. The van der Waals surface area contributed by atoms with Gasteiger partial charge >= 0.3 is 41.5 Å². The molecule has 0 unspecified atom stereocenters. The molecule has 3 aromatic rings. The van der Waals surface area contributed by atoms with E-state index in [2.05, 4.69) is 30.1 Å². The van der Waals surface area contributed by atoms with Crippen LogP contribution in [0.1, 0.15) is 12.5 Å². The number of carbonyl (C=O) groups excluding carboxylic acids is 3. The van der Waals surface area contributed by atoms with Crippen LogP contribution >= 0.6 is 0 Å². The van der Waals surface area contributed by atoms with Crippen molar-refractivity contribution in [2.45, 2.75) is 13.3 Å². The number of anilines is 1. The van der Waals surface area contributed by atoms with E-state index in [9.17, 15) is 14.4 Å². The molecule has 5 nitrogen and oxygen atoms in total.